The maximum absolute atomic E-state index is 8.91. The van der Waals surface area contributed by atoms with Crippen molar-refractivity contribution in [2.24, 2.45) is 0 Å². The molecule has 0 spiro atoms. The summed E-state index contributed by atoms with van der Waals surface area (Å²) in [6.07, 6.45) is 0. The third-order valence-corrected chi connectivity index (χ3v) is 2.65. The maximum Gasteiger partial charge on any atom is 0.0582 e. The van der Waals surface area contributed by atoms with Crippen LogP contribution in [0.2, 0.25) is 0 Å². The Morgan fingerprint density at radius 1 is 1.43 bits per heavy atom. The summed E-state index contributed by atoms with van der Waals surface area (Å²) in [4.78, 5) is 0. The highest BCUT2D eigenvalue weighted by Crippen LogP contribution is 2.17. The predicted molar refractivity (Wildman–Crippen MR) is 62.2 cm³/mol. The van der Waals surface area contributed by atoms with Gasteiger partial charge in [0, 0.05) is 16.6 Å². The van der Waals surface area contributed by atoms with Crippen molar-refractivity contribution in [2.45, 2.75) is 25.9 Å². The van der Waals surface area contributed by atoms with Gasteiger partial charge in [-0.1, -0.05) is 28.1 Å². The summed E-state index contributed by atoms with van der Waals surface area (Å²) >= 11 is 3.44. The fourth-order valence-corrected chi connectivity index (χ4v) is 1.77. The normalized spacial score (nSPS) is 15.1. The van der Waals surface area contributed by atoms with Crippen molar-refractivity contribution >= 4 is 15.9 Å². The zero-order valence-electron chi connectivity index (χ0n) is 8.50. The largest absolute Gasteiger partial charge is 0.395 e. The van der Waals surface area contributed by atoms with Crippen LogP contribution in [-0.2, 0) is 0 Å². The van der Waals surface area contributed by atoms with E-state index in [0.29, 0.717) is 0 Å². The number of nitrogens with one attached hydrogen (secondary N) is 1. The van der Waals surface area contributed by atoms with E-state index in [2.05, 4.69) is 40.3 Å². The molecule has 14 heavy (non-hydrogen) atoms. The Kier molecular flexibility index (Phi) is 4.58. The molecular weight excluding hydrogens is 242 g/mol. The molecule has 0 amide bonds. The van der Waals surface area contributed by atoms with Gasteiger partial charge in [0.05, 0.1) is 6.61 Å². The van der Waals surface area contributed by atoms with Crippen molar-refractivity contribution in [1.82, 2.24) is 5.32 Å². The lowest BCUT2D eigenvalue weighted by atomic mass is 10.1. The van der Waals surface area contributed by atoms with Crippen LogP contribution in [0.15, 0.2) is 28.7 Å². The van der Waals surface area contributed by atoms with Gasteiger partial charge in [0.1, 0.15) is 0 Å². The molecule has 0 fully saturated rings. The third kappa shape index (κ3) is 3.40. The highest BCUT2D eigenvalue weighted by molar-refractivity contribution is 9.10. The molecule has 2 atom stereocenters. The minimum atomic E-state index is 0.129. The molecule has 0 saturated heterocycles. The first kappa shape index (κ1) is 11.7. The van der Waals surface area contributed by atoms with Gasteiger partial charge < -0.3 is 10.4 Å². The molecule has 0 bridgehead atoms. The summed E-state index contributed by atoms with van der Waals surface area (Å²) in [7, 11) is 0. The second-order valence-electron chi connectivity index (χ2n) is 3.53. The second-order valence-corrected chi connectivity index (χ2v) is 4.44. The Hall–Kier alpha value is -0.380. The van der Waals surface area contributed by atoms with E-state index in [4.69, 9.17) is 5.11 Å². The number of aliphatic hydroxyl groups excluding tert-OH is 1. The Morgan fingerprint density at radius 3 is 2.71 bits per heavy atom. The van der Waals surface area contributed by atoms with Gasteiger partial charge in [0.2, 0.25) is 0 Å². The van der Waals surface area contributed by atoms with E-state index in [0.717, 1.165) is 4.47 Å². The monoisotopic (exact) mass is 257 g/mol. The lowest BCUT2D eigenvalue weighted by Crippen LogP contribution is -2.31. The Bertz CT molecular complexity index is 290. The summed E-state index contributed by atoms with van der Waals surface area (Å²) in [5, 5.41) is 12.2. The summed E-state index contributed by atoms with van der Waals surface area (Å²) < 4.78 is 1.08. The number of rotatable bonds is 4. The number of benzene rings is 1. The highest BCUT2D eigenvalue weighted by atomic mass is 79.9. The van der Waals surface area contributed by atoms with Crippen LogP contribution in [0.3, 0.4) is 0 Å². The van der Waals surface area contributed by atoms with E-state index in [1.165, 1.54) is 5.56 Å². The van der Waals surface area contributed by atoms with Crippen LogP contribution in [0.5, 0.6) is 0 Å². The van der Waals surface area contributed by atoms with Crippen molar-refractivity contribution in [2.75, 3.05) is 6.61 Å². The molecule has 0 heterocycles. The van der Waals surface area contributed by atoms with E-state index in [9.17, 15) is 0 Å². The van der Waals surface area contributed by atoms with E-state index in [1.54, 1.807) is 0 Å². The Balaban J connectivity index is 2.64. The van der Waals surface area contributed by atoms with Crippen molar-refractivity contribution < 1.29 is 5.11 Å². The number of aliphatic hydroxyl groups is 1. The molecule has 1 aromatic carbocycles. The number of hydrogen-bond acceptors (Lipinski definition) is 2. The van der Waals surface area contributed by atoms with Gasteiger partial charge in [-0.25, -0.2) is 0 Å². The van der Waals surface area contributed by atoms with Gasteiger partial charge in [0.15, 0.2) is 0 Å². The van der Waals surface area contributed by atoms with Gasteiger partial charge in [-0.05, 0) is 31.5 Å². The SMILES string of the molecule is C[C@H](CO)N[C@H](C)c1cccc(Br)c1. The molecule has 0 aromatic heterocycles. The standard InChI is InChI=1S/C11H16BrNO/c1-8(7-14)13-9(2)10-4-3-5-11(12)6-10/h3-6,8-9,13-14H,7H2,1-2H3/t8-,9-/m1/s1. The second kappa shape index (κ2) is 5.49. The fraction of sp³-hybridized carbons (Fsp3) is 0.455. The van der Waals surface area contributed by atoms with Crippen molar-refractivity contribution in [3.8, 4) is 0 Å². The van der Waals surface area contributed by atoms with Gasteiger partial charge in [-0.3, -0.25) is 0 Å². The summed E-state index contributed by atoms with van der Waals surface area (Å²) in [5.74, 6) is 0. The zero-order chi connectivity index (χ0) is 10.6. The van der Waals surface area contributed by atoms with Gasteiger partial charge in [-0.2, -0.15) is 0 Å². The predicted octanol–water partition coefficient (Wildman–Crippen LogP) is 2.48. The van der Waals surface area contributed by atoms with E-state index < -0.39 is 0 Å². The molecule has 0 radical (unpaired) electrons. The van der Waals surface area contributed by atoms with Crippen LogP contribution in [0.1, 0.15) is 25.5 Å². The first-order valence-corrected chi connectivity index (χ1v) is 5.55. The molecule has 0 aliphatic rings. The Labute approximate surface area is 93.5 Å². The topological polar surface area (TPSA) is 32.3 Å². The molecule has 2 nitrogen and oxygen atoms in total. The average Bonchev–Trinajstić information content (AvgIpc) is 2.17. The molecular formula is C11H16BrNO. The fourth-order valence-electron chi connectivity index (χ4n) is 1.35. The quantitative estimate of drug-likeness (QED) is 0.869. The first-order chi connectivity index (χ1) is 6.63. The van der Waals surface area contributed by atoms with Crippen LogP contribution in [0.4, 0.5) is 0 Å². The molecule has 3 heteroatoms. The van der Waals surface area contributed by atoms with Crippen LogP contribution in [0, 0.1) is 0 Å². The van der Waals surface area contributed by atoms with Crippen LogP contribution in [-0.4, -0.2) is 17.8 Å². The summed E-state index contributed by atoms with van der Waals surface area (Å²) in [6, 6.07) is 8.57. The molecule has 0 saturated carbocycles. The molecule has 0 aliphatic carbocycles. The van der Waals surface area contributed by atoms with Crippen LogP contribution < -0.4 is 5.32 Å². The Morgan fingerprint density at radius 2 is 2.14 bits per heavy atom. The minimum Gasteiger partial charge on any atom is -0.395 e. The maximum atomic E-state index is 8.91. The summed E-state index contributed by atoms with van der Waals surface area (Å²) in [5.41, 5.74) is 1.22. The molecule has 0 aliphatic heterocycles. The zero-order valence-corrected chi connectivity index (χ0v) is 10.1. The molecule has 1 rings (SSSR count). The smallest absolute Gasteiger partial charge is 0.0582 e. The molecule has 0 unspecified atom stereocenters. The lowest BCUT2D eigenvalue weighted by molar-refractivity contribution is 0.243. The van der Waals surface area contributed by atoms with E-state index in [1.807, 2.05) is 19.1 Å². The van der Waals surface area contributed by atoms with Crippen LogP contribution in [0.25, 0.3) is 0 Å². The average molecular weight is 258 g/mol. The molecule has 1 aromatic rings. The summed E-state index contributed by atoms with van der Waals surface area (Å²) in [6.45, 7) is 4.22. The minimum absolute atomic E-state index is 0.129. The molecule has 78 valence electrons. The lowest BCUT2D eigenvalue weighted by Gasteiger charge is -2.18. The van der Waals surface area contributed by atoms with E-state index >= 15 is 0 Å². The van der Waals surface area contributed by atoms with Gasteiger partial charge in [-0.15, -0.1) is 0 Å². The number of halogens is 1. The van der Waals surface area contributed by atoms with Crippen molar-refractivity contribution in [1.29, 1.82) is 0 Å². The van der Waals surface area contributed by atoms with Gasteiger partial charge in [0.25, 0.3) is 0 Å². The van der Waals surface area contributed by atoms with Gasteiger partial charge >= 0.3 is 0 Å². The molecule has 2 N–H and O–H groups in total. The first-order valence-electron chi connectivity index (χ1n) is 4.76. The number of hydrogen-bond donors (Lipinski definition) is 2. The van der Waals surface area contributed by atoms with Crippen molar-refractivity contribution in [3.05, 3.63) is 34.3 Å². The van der Waals surface area contributed by atoms with Crippen LogP contribution >= 0.6 is 15.9 Å². The van der Waals surface area contributed by atoms with E-state index in [-0.39, 0.29) is 18.7 Å². The third-order valence-electron chi connectivity index (χ3n) is 2.16. The highest BCUT2D eigenvalue weighted by Gasteiger charge is 2.08. The van der Waals surface area contributed by atoms with Crippen molar-refractivity contribution in [3.63, 3.8) is 0 Å².